The lowest BCUT2D eigenvalue weighted by molar-refractivity contribution is -0.119. The molecule has 0 saturated heterocycles. The highest BCUT2D eigenvalue weighted by molar-refractivity contribution is 7.80. The lowest BCUT2D eigenvalue weighted by Gasteiger charge is -2.11. The van der Waals surface area contributed by atoms with E-state index in [2.05, 4.69) is 22.5 Å². The minimum atomic E-state index is -0.124. The standard InChI is InChI=1S/C23H29N3O3S/c1-5-7-8-9-11-22(27)26-19(10-6-2)12-13-24-23(30)25-17-18-14-20(28-3)16-21(15-18)29-4/h5-10,12-16H,2,11,17H2,1,3-4H3,(H,26,27)(H2,24,25,30)/b7-5-,9-8-,13-12+,19-10+. The Bertz CT molecular complexity index is 820. The molecule has 0 bridgehead atoms. The molecule has 0 atom stereocenters. The van der Waals surface area contributed by atoms with Crippen molar-refractivity contribution in [3.63, 3.8) is 0 Å². The maximum absolute atomic E-state index is 12.0. The van der Waals surface area contributed by atoms with Crippen LogP contribution >= 0.6 is 12.2 Å². The Kier molecular flexibility index (Phi) is 12.1. The molecule has 0 aliphatic rings. The number of amides is 1. The fourth-order valence-corrected chi connectivity index (χ4v) is 2.39. The van der Waals surface area contributed by atoms with Crippen molar-refractivity contribution in [3.8, 4) is 11.5 Å². The molecule has 0 spiro atoms. The van der Waals surface area contributed by atoms with Crippen molar-refractivity contribution in [2.75, 3.05) is 14.2 Å². The number of hydrogen-bond acceptors (Lipinski definition) is 4. The molecule has 30 heavy (non-hydrogen) atoms. The summed E-state index contributed by atoms with van der Waals surface area (Å²) < 4.78 is 10.5. The molecule has 0 aliphatic carbocycles. The van der Waals surface area contributed by atoms with Crippen LogP contribution in [-0.4, -0.2) is 25.2 Å². The van der Waals surface area contributed by atoms with Crippen LogP contribution < -0.4 is 25.4 Å². The number of benzene rings is 1. The fourth-order valence-electron chi connectivity index (χ4n) is 2.25. The number of carbonyl (C=O) groups is 1. The van der Waals surface area contributed by atoms with Crippen molar-refractivity contribution in [3.05, 3.63) is 84.8 Å². The molecule has 1 aromatic carbocycles. The zero-order valence-corrected chi connectivity index (χ0v) is 18.4. The summed E-state index contributed by atoms with van der Waals surface area (Å²) >= 11 is 5.28. The normalized spacial score (nSPS) is 11.6. The number of methoxy groups -OCH3 is 2. The first kappa shape index (κ1) is 24.7. The molecule has 1 rings (SSSR count). The third-order valence-electron chi connectivity index (χ3n) is 3.67. The Morgan fingerprint density at radius 2 is 1.87 bits per heavy atom. The van der Waals surface area contributed by atoms with Crippen LogP contribution in [0.3, 0.4) is 0 Å². The van der Waals surface area contributed by atoms with E-state index in [1.54, 1.807) is 50.8 Å². The third-order valence-corrected chi connectivity index (χ3v) is 3.93. The molecule has 0 heterocycles. The van der Waals surface area contributed by atoms with Crippen LogP contribution in [0.5, 0.6) is 11.5 Å². The molecule has 6 nitrogen and oxygen atoms in total. The van der Waals surface area contributed by atoms with Gasteiger partial charge < -0.3 is 25.4 Å². The van der Waals surface area contributed by atoms with E-state index in [1.807, 2.05) is 37.3 Å². The Labute approximate surface area is 184 Å². The number of thiocarbonyl (C=S) groups is 1. The van der Waals surface area contributed by atoms with E-state index in [0.29, 0.717) is 28.9 Å². The monoisotopic (exact) mass is 427 g/mol. The summed E-state index contributed by atoms with van der Waals surface area (Å²) in [7, 11) is 3.21. The maximum Gasteiger partial charge on any atom is 0.228 e. The van der Waals surface area contributed by atoms with E-state index in [-0.39, 0.29) is 12.3 Å². The van der Waals surface area contributed by atoms with Crippen LogP contribution in [0.4, 0.5) is 0 Å². The van der Waals surface area contributed by atoms with Crippen LogP contribution in [0, 0.1) is 0 Å². The number of carbonyl (C=O) groups excluding carboxylic acids is 1. The molecular formula is C23H29N3O3S. The number of allylic oxidation sites excluding steroid dienone is 6. The van der Waals surface area contributed by atoms with Crippen molar-refractivity contribution < 1.29 is 14.3 Å². The van der Waals surface area contributed by atoms with E-state index in [9.17, 15) is 4.79 Å². The molecule has 0 radical (unpaired) electrons. The first-order valence-electron chi connectivity index (χ1n) is 9.35. The molecule has 1 amide bonds. The van der Waals surface area contributed by atoms with Gasteiger partial charge in [0.05, 0.1) is 14.2 Å². The van der Waals surface area contributed by atoms with Gasteiger partial charge in [0.2, 0.25) is 5.91 Å². The molecule has 0 aliphatic heterocycles. The lowest BCUT2D eigenvalue weighted by Crippen LogP contribution is -2.31. The second kappa shape index (κ2) is 14.6. The largest absolute Gasteiger partial charge is 0.497 e. The highest BCUT2D eigenvalue weighted by Crippen LogP contribution is 2.22. The fraction of sp³-hybridized carbons (Fsp3) is 0.217. The SMILES string of the molecule is C=C/C=C(\C=C\NC(=S)NCc1cc(OC)cc(OC)c1)NC(=O)C/C=C\C=C/C. The molecule has 0 fully saturated rings. The average molecular weight is 428 g/mol. The Hall–Kier alpha value is -3.32. The topological polar surface area (TPSA) is 71.6 Å². The van der Waals surface area contributed by atoms with Gasteiger partial charge in [-0.15, -0.1) is 0 Å². The van der Waals surface area contributed by atoms with Gasteiger partial charge in [-0.25, -0.2) is 0 Å². The zero-order valence-electron chi connectivity index (χ0n) is 17.6. The predicted octanol–water partition coefficient (Wildman–Crippen LogP) is 3.89. The smallest absolute Gasteiger partial charge is 0.228 e. The van der Waals surface area contributed by atoms with Gasteiger partial charge in [-0.05, 0) is 49.0 Å². The van der Waals surface area contributed by atoms with Crippen molar-refractivity contribution in [2.24, 2.45) is 0 Å². The van der Waals surface area contributed by atoms with Crippen LogP contribution in [-0.2, 0) is 11.3 Å². The Balaban J connectivity index is 2.55. The molecule has 1 aromatic rings. The molecule has 160 valence electrons. The van der Waals surface area contributed by atoms with Crippen molar-refractivity contribution in [1.29, 1.82) is 0 Å². The van der Waals surface area contributed by atoms with Gasteiger partial charge in [0.25, 0.3) is 0 Å². The number of ether oxygens (including phenoxy) is 2. The summed E-state index contributed by atoms with van der Waals surface area (Å²) in [6.45, 7) is 6.08. The second-order valence-corrected chi connectivity index (χ2v) is 6.35. The molecule has 0 saturated carbocycles. The van der Waals surface area contributed by atoms with Crippen LogP contribution in [0.2, 0.25) is 0 Å². The van der Waals surface area contributed by atoms with Crippen LogP contribution in [0.15, 0.2) is 79.2 Å². The van der Waals surface area contributed by atoms with E-state index < -0.39 is 0 Å². The molecule has 7 heteroatoms. The van der Waals surface area contributed by atoms with Crippen molar-refractivity contribution >= 4 is 23.2 Å². The zero-order chi connectivity index (χ0) is 22.2. The van der Waals surface area contributed by atoms with E-state index in [1.165, 1.54) is 0 Å². The molecular weight excluding hydrogens is 398 g/mol. The quantitative estimate of drug-likeness (QED) is 0.368. The van der Waals surface area contributed by atoms with Crippen LogP contribution in [0.25, 0.3) is 0 Å². The minimum absolute atomic E-state index is 0.124. The van der Waals surface area contributed by atoms with Gasteiger partial charge in [-0.2, -0.15) is 0 Å². The first-order valence-corrected chi connectivity index (χ1v) is 9.76. The van der Waals surface area contributed by atoms with Crippen molar-refractivity contribution in [1.82, 2.24) is 16.0 Å². The predicted molar refractivity (Wildman–Crippen MR) is 126 cm³/mol. The van der Waals surface area contributed by atoms with E-state index in [4.69, 9.17) is 21.7 Å². The first-order chi connectivity index (χ1) is 14.5. The summed E-state index contributed by atoms with van der Waals surface area (Å²) in [5, 5.41) is 9.31. The summed E-state index contributed by atoms with van der Waals surface area (Å²) in [6, 6.07) is 5.61. The highest BCUT2D eigenvalue weighted by atomic mass is 32.1. The Morgan fingerprint density at radius 3 is 2.47 bits per heavy atom. The maximum atomic E-state index is 12.0. The molecule has 0 aromatic heterocycles. The number of rotatable bonds is 11. The van der Waals surface area contributed by atoms with Gasteiger partial charge in [-0.3, -0.25) is 4.79 Å². The molecule has 3 N–H and O–H groups in total. The summed E-state index contributed by atoms with van der Waals surface area (Å²) in [4.78, 5) is 12.0. The second-order valence-electron chi connectivity index (χ2n) is 5.95. The van der Waals surface area contributed by atoms with Crippen molar-refractivity contribution in [2.45, 2.75) is 19.9 Å². The van der Waals surface area contributed by atoms with Gasteiger partial charge in [0.1, 0.15) is 11.5 Å². The summed E-state index contributed by atoms with van der Waals surface area (Å²) in [5.41, 5.74) is 1.56. The molecule has 0 unspecified atom stereocenters. The average Bonchev–Trinajstić information content (AvgIpc) is 2.75. The summed E-state index contributed by atoms with van der Waals surface area (Å²) in [6.07, 6.45) is 14.3. The van der Waals surface area contributed by atoms with Gasteiger partial charge >= 0.3 is 0 Å². The van der Waals surface area contributed by atoms with Gasteiger partial charge in [0, 0.05) is 30.9 Å². The van der Waals surface area contributed by atoms with E-state index in [0.717, 1.165) is 5.56 Å². The number of hydrogen-bond donors (Lipinski definition) is 3. The Morgan fingerprint density at radius 1 is 1.17 bits per heavy atom. The minimum Gasteiger partial charge on any atom is -0.497 e. The van der Waals surface area contributed by atoms with Gasteiger partial charge in [-0.1, -0.05) is 37.0 Å². The number of nitrogens with one attached hydrogen (secondary N) is 3. The third kappa shape index (κ3) is 10.3. The van der Waals surface area contributed by atoms with Crippen LogP contribution in [0.1, 0.15) is 18.9 Å². The van der Waals surface area contributed by atoms with Gasteiger partial charge in [0.15, 0.2) is 5.11 Å². The lowest BCUT2D eigenvalue weighted by atomic mass is 10.2. The van der Waals surface area contributed by atoms with E-state index >= 15 is 0 Å². The summed E-state index contributed by atoms with van der Waals surface area (Å²) in [5.74, 6) is 1.29. The highest BCUT2D eigenvalue weighted by Gasteiger charge is 2.03.